The second kappa shape index (κ2) is 12.2. The molecule has 5 aliphatic rings. The number of hydrogen-bond acceptors (Lipinski definition) is 8. The van der Waals surface area contributed by atoms with Gasteiger partial charge in [-0.1, -0.05) is 42.5 Å². The summed E-state index contributed by atoms with van der Waals surface area (Å²) in [4.78, 5) is 50.4. The molecular weight excluding hydrogens is 650 g/mol. The quantitative estimate of drug-likeness (QED) is 0.292. The molecule has 1 aliphatic carbocycles. The summed E-state index contributed by atoms with van der Waals surface area (Å²) in [5.41, 5.74) is 2.74. The van der Waals surface area contributed by atoms with E-state index in [1.165, 1.54) is 35.3 Å². The van der Waals surface area contributed by atoms with E-state index >= 15 is 0 Å². The molecular formula is C35H43N5O8S. The lowest BCUT2D eigenvalue weighted by atomic mass is 9.72. The summed E-state index contributed by atoms with van der Waals surface area (Å²) in [5, 5.41) is 16.2. The first-order valence-corrected chi connectivity index (χ1v) is 18.5. The molecule has 262 valence electrons. The molecule has 3 amide bonds. The number of benzene rings is 2. The predicted octanol–water partition coefficient (Wildman–Crippen LogP) is 1.98. The number of ether oxygens (including phenoxy) is 1. The fraction of sp³-hybridized carbons (Fsp3) is 0.514. The zero-order chi connectivity index (χ0) is 34.9. The molecule has 0 saturated carbocycles. The molecule has 1 unspecified atom stereocenters. The number of carbonyl (C=O) groups is 3. The standard InChI is InChI=1S/C33H37N5O5.C2H6O3S/c1-32(35-29(39)21-15-23-22-10-6-11-24-28(22)20(17-34-24)16-25(23)36(2)18-21)31(41)38-26(14-19-8-4-3-5-9-19)30(40)37-13-7-12-27(37)33(38,42)43-32;1-2-6(3,4)5/h3-6,8-11,17,21,23,25-27,34,42H,7,12-16,18H2,1-2H3,(H,35,39);2H2,1H3,(H,3,4,5)/t21-,23?,25-,26+,27+,32-,33+;/m1./s1. The summed E-state index contributed by atoms with van der Waals surface area (Å²) in [6.07, 6.45) is 5.13. The Kier molecular flexibility index (Phi) is 8.38. The highest BCUT2D eigenvalue weighted by Crippen LogP contribution is 2.47. The molecule has 3 aromatic rings. The Labute approximate surface area is 285 Å². The van der Waals surface area contributed by atoms with Crippen LogP contribution in [0.1, 0.15) is 55.7 Å². The number of aromatic nitrogens is 1. The number of likely N-dealkylation sites (N-methyl/N-ethyl adjacent to an activating group) is 1. The van der Waals surface area contributed by atoms with Gasteiger partial charge in [-0.25, -0.2) is 0 Å². The van der Waals surface area contributed by atoms with Crippen molar-refractivity contribution in [3.05, 3.63) is 71.4 Å². The minimum Gasteiger partial charge on any atom is -0.361 e. The van der Waals surface area contributed by atoms with E-state index in [2.05, 4.69) is 46.6 Å². The number of nitrogens with one attached hydrogen (secondary N) is 2. The van der Waals surface area contributed by atoms with Gasteiger partial charge in [0, 0.05) is 48.6 Å². The highest BCUT2D eigenvalue weighted by atomic mass is 32.2. The first-order chi connectivity index (χ1) is 23.2. The Morgan fingerprint density at radius 2 is 1.88 bits per heavy atom. The molecule has 4 aliphatic heterocycles. The van der Waals surface area contributed by atoms with Gasteiger partial charge in [-0.05, 0) is 69.3 Å². The van der Waals surface area contributed by atoms with E-state index in [-0.39, 0.29) is 41.9 Å². The van der Waals surface area contributed by atoms with Gasteiger partial charge in [-0.3, -0.25) is 28.6 Å². The first kappa shape index (κ1) is 33.7. The van der Waals surface area contributed by atoms with Crippen LogP contribution in [0.3, 0.4) is 0 Å². The van der Waals surface area contributed by atoms with Crippen LogP contribution in [0.4, 0.5) is 0 Å². The van der Waals surface area contributed by atoms with Crippen LogP contribution in [0.2, 0.25) is 0 Å². The molecule has 14 heteroatoms. The summed E-state index contributed by atoms with van der Waals surface area (Å²) < 4.78 is 33.2. The van der Waals surface area contributed by atoms with Gasteiger partial charge < -0.3 is 25.2 Å². The number of amides is 3. The van der Waals surface area contributed by atoms with Crippen molar-refractivity contribution in [2.24, 2.45) is 5.92 Å². The molecule has 49 heavy (non-hydrogen) atoms. The second-order valence-electron chi connectivity index (χ2n) is 14.1. The molecule has 5 heterocycles. The third-order valence-electron chi connectivity index (χ3n) is 11.0. The van der Waals surface area contributed by atoms with Crippen LogP contribution in [-0.4, -0.2) is 111 Å². The molecule has 0 radical (unpaired) electrons. The average Bonchev–Trinajstić information content (AvgIpc) is 3.78. The van der Waals surface area contributed by atoms with Crippen LogP contribution in [-0.2, 0) is 42.1 Å². The minimum atomic E-state index is -3.66. The van der Waals surface area contributed by atoms with Gasteiger partial charge in [-0.15, -0.1) is 0 Å². The molecule has 4 N–H and O–H groups in total. The molecule has 4 fully saturated rings. The minimum absolute atomic E-state index is 0.171. The monoisotopic (exact) mass is 693 g/mol. The SMILES string of the molecule is CCS(=O)(=O)O.CN1C[C@H](C(=O)N[C@]2(C)O[C@@]3(O)[C@@H]4CCCN4C(=O)[C@H](Cc4ccccc4)N3C2=O)CC2c3cccc4[nH]cc(c34)C[C@H]21. The Morgan fingerprint density at radius 3 is 2.59 bits per heavy atom. The summed E-state index contributed by atoms with van der Waals surface area (Å²) in [5.74, 6) is -3.51. The molecule has 0 spiro atoms. The van der Waals surface area contributed by atoms with E-state index in [1.54, 1.807) is 4.90 Å². The summed E-state index contributed by atoms with van der Waals surface area (Å²) in [6, 6.07) is 14.4. The highest BCUT2D eigenvalue weighted by Gasteiger charge is 2.70. The van der Waals surface area contributed by atoms with E-state index in [9.17, 15) is 27.9 Å². The van der Waals surface area contributed by atoms with Crippen molar-refractivity contribution in [1.29, 1.82) is 0 Å². The van der Waals surface area contributed by atoms with E-state index in [0.29, 0.717) is 32.4 Å². The molecule has 13 nitrogen and oxygen atoms in total. The van der Waals surface area contributed by atoms with Crippen molar-refractivity contribution >= 4 is 38.7 Å². The van der Waals surface area contributed by atoms with Gasteiger partial charge in [0.2, 0.25) is 17.5 Å². The lowest BCUT2D eigenvalue weighted by Crippen LogP contribution is -2.71. The number of piperazine rings is 1. The second-order valence-corrected chi connectivity index (χ2v) is 15.8. The third-order valence-corrected chi connectivity index (χ3v) is 11.7. The van der Waals surface area contributed by atoms with E-state index in [4.69, 9.17) is 9.29 Å². The lowest BCUT2D eigenvalue weighted by Gasteiger charge is -2.48. The van der Waals surface area contributed by atoms with E-state index in [0.717, 1.165) is 17.5 Å². The van der Waals surface area contributed by atoms with Gasteiger partial charge in [0.05, 0.1) is 11.7 Å². The molecule has 0 bridgehead atoms. The normalized spacial score (nSPS) is 32.3. The topological polar surface area (TPSA) is 173 Å². The van der Waals surface area contributed by atoms with E-state index in [1.807, 2.05) is 30.3 Å². The Hall–Kier alpha value is -3.82. The van der Waals surface area contributed by atoms with Gasteiger partial charge in [0.25, 0.3) is 21.9 Å². The highest BCUT2D eigenvalue weighted by molar-refractivity contribution is 7.85. The van der Waals surface area contributed by atoms with Crippen LogP contribution in [0.25, 0.3) is 10.9 Å². The van der Waals surface area contributed by atoms with Crippen molar-refractivity contribution in [2.45, 2.75) is 81.6 Å². The number of rotatable bonds is 5. The lowest BCUT2D eigenvalue weighted by molar-refractivity contribution is -0.315. The van der Waals surface area contributed by atoms with Crippen molar-refractivity contribution in [3.8, 4) is 0 Å². The maximum Gasteiger partial charge on any atom is 0.280 e. The smallest absolute Gasteiger partial charge is 0.280 e. The number of aromatic amines is 1. The number of H-pyrrole nitrogens is 1. The fourth-order valence-electron chi connectivity index (χ4n) is 8.65. The van der Waals surface area contributed by atoms with Crippen LogP contribution in [0.5, 0.6) is 0 Å². The number of nitrogens with zero attached hydrogens (tertiary/aromatic N) is 3. The number of piperidine rings is 1. The van der Waals surface area contributed by atoms with Crippen molar-refractivity contribution < 1.29 is 37.2 Å². The summed E-state index contributed by atoms with van der Waals surface area (Å²) in [7, 11) is -1.60. The van der Waals surface area contributed by atoms with Crippen molar-refractivity contribution in [1.82, 2.24) is 25.0 Å². The van der Waals surface area contributed by atoms with Gasteiger partial charge in [0.15, 0.2) is 0 Å². The number of hydrogen-bond donors (Lipinski definition) is 4. The van der Waals surface area contributed by atoms with Crippen LogP contribution in [0, 0.1) is 5.92 Å². The molecule has 2 aromatic carbocycles. The zero-order valence-corrected chi connectivity index (χ0v) is 28.7. The fourth-order valence-corrected chi connectivity index (χ4v) is 8.65. The molecule has 1 aromatic heterocycles. The predicted molar refractivity (Wildman–Crippen MR) is 179 cm³/mol. The average molecular weight is 694 g/mol. The number of carbonyl (C=O) groups excluding carboxylic acids is 3. The first-order valence-electron chi connectivity index (χ1n) is 16.9. The Morgan fingerprint density at radius 1 is 1.14 bits per heavy atom. The van der Waals surface area contributed by atoms with Crippen LogP contribution in [0.15, 0.2) is 54.7 Å². The van der Waals surface area contributed by atoms with E-state index < -0.39 is 39.7 Å². The summed E-state index contributed by atoms with van der Waals surface area (Å²) >= 11 is 0. The van der Waals surface area contributed by atoms with Crippen LogP contribution < -0.4 is 5.32 Å². The molecule has 8 rings (SSSR count). The third kappa shape index (κ3) is 5.72. The van der Waals surface area contributed by atoms with Gasteiger partial charge in [-0.2, -0.15) is 8.42 Å². The van der Waals surface area contributed by atoms with Crippen LogP contribution >= 0.6 is 0 Å². The maximum absolute atomic E-state index is 14.2. The van der Waals surface area contributed by atoms with Gasteiger partial charge >= 0.3 is 0 Å². The van der Waals surface area contributed by atoms with Crippen molar-refractivity contribution in [2.75, 3.05) is 25.9 Å². The number of likely N-dealkylation sites (tertiary alicyclic amines) is 1. The number of aliphatic hydroxyl groups is 1. The zero-order valence-electron chi connectivity index (χ0n) is 27.8. The maximum atomic E-state index is 14.2. The Bertz CT molecular complexity index is 1900. The molecule has 4 saturated heterocycles. The van der Waals surface area contributed by atoms with Gasteiger partial charge in [0.1, 0.15) is 12.1 Å². The molecule has 7 atom stereocenters. The van der Waals surface area contributed by atoms with Crippen molar-refractivity contribution in [3.63, 3.8) is 0 Å². The number of fused-ring (bicyclic) bond motifs is 5. The summed E-state index contributed by atoms with van der Waals surface area (Å²) in [6.45, 7) is 3.93. The largest absolute Gasteiger partial charge is 0.361 e. The Balaban J connectivity index is 0.000000581.